The Kier molecular flexibility index (Phi) is 15.0. The predicted octanol–water partition coefficient (Wildman–Crippen LogP) is 10.7. The van der Waals surface area contributed by atoms with Crippen LogP contribution in [0.3, 0.4) is 0 Å². The zero-order chi connectivity index (χ0) is 19.0. The van der Waals surface area contributed by atoms with E-state index in [9.17, 15) is 0 Å². The van der Waals surface area contributed by atoms with Crippen molar-refractivity contribution in [3.8, 4) is 0 Å². The Hall–Kier alpha value is -1.82. The Bertz CT molecular complexity index is 739. The highest BCUT2D eigenvalue weighted by Crippen LogP contribution is 2.33. The molecule has 180 valence electrons. The topological polar surface area (TPSA) is 0 Å². The number of aryl methyl sites for hydroxylation is 2. The van der Waals surface area contributed by atoms with Crippen LogP contribution in [0.25, 0.3) is 0 Å². The van der Waals surface area contributed by atoms with Crippen LogP contribution in [0.15, 0.2) is 70.9 Å². The summed E-state index contributed by atoms with van der Waals surface area (Å²) >= 11 is 0. The van der Waals surface area contributed by atoms with Gasteiger partial charge in [-0.1, -0.05) is 83.8 Å². The zero-order valence-electron chi connectivity index (χ0n) is 17.5. The molecule has 1 aromatic rings. The van der Waals surface area contributed by atoms with Crippen LogP contribution in [0.4, 0.5) is 0 Å². The Labute approximate surface area is 201 Å². The first-order chi connectivity index (χ1) is 13.9. The maximum absolute atomic E-state index is 2.38. The molecule has 0 bridgehead atoms. The van der Waals surface area contributed by atoms with Crippen molar-refractivity contribution in [2.45, 2.75) is 120 Å². The van der Waals surface area contributed by atoms with Crippen LogP contribution < -0.4 is 0 Å². The van der Waals surface area contributed by atoms with E-state index in [1.54, 1.807) is 33.4 Å². The van der Waals surface area contributed by atoms with E-state index in [0.717, 1.165) is 0 Å². The van der Waals surface area contributed by atoms with Gasteiger partial charge >= 0.3 is 0 Å². The van der Waals surface area contributed by atoms with Crippen molar-refractivity contribution in [3.63, 3.8) is 0 Å². The van der Waals surface area contributed by atoms with Crippen LogP contribution in [-0.4, -0.2) is 0 Å². The van der Waals surface area contributed by atoms with Gasteiger partial charge < -0.3 is 0 Å². The van der Waals surface area contributed by atoms with E-state index < -0.39 is 0 Å². The molecule has 5 aliphatic carbocycles. The summed E-state index contributed by atoms with van der Waals surface area (Å²) in [7, 11) is 0. The summed E-state index contributed by atoms with van der Waals surface area (Å²) in [5, 5.41) is 0. The fraction of sp³-hybridized carbons (Fsp3) is 0.562. The lowest BCUT2D eigenvalue weighted by atomic mass is 9.92. The van der Waals surface area contributed by atoms with Crippen molar-refractivity contribution in [2.24, 2.45) is 0 Å². The van der Waals surface area contributed by atoms with Gasteiger partial charge in [0.05, 0.1) is 0 Å². The summed E-state index contributed by atoms with van der Waals surface area (Å²) in [6.45, 7) is 0. The van der Waals surface area contributed by atoms with E-state index in [1.807, 2.05) is 0 Å². The molecule has 0 saturated heterocycles. The minimum atomic E-state index is 0. The first kappa shape index (κ1) is 30.2. The second-order valence-corrected chi connectivity index (χ2v) is 8.82. The fourth-order valence-electron chi connectivity index (χ4n) is 5.21. The molecular weight excluding hydrogens is 384 g/mol. The smallest absolute Gasteiger partial charge is 0.0130 e. The standard InChI is InChI=1S/C10H12.2C9H12.4CH4/c1-2-6-10-8-4-3-7-9(10)5-1;2*1-2-5-9-7-3-6-8(9)4-1;;;;/h1-2,5-6H,3-4,7-8H2;6-7H,1-5H2;3,6H,1-2,4-5,7H2;4*1H4. The van der Waals surface area contributed by atoms with Crippen LogP contribution in [-0.2, 0) is 12.8 Å². The molecule has 0 aromatic heterocycles. The van der Waals surface area contributed by atoms with Crippen molar-refractivity contribution in [1.29, 1.82) is 0 Å². The molecule has 1 fully saturated rings. The van der Waals surface area contributed by atoms with E-state index in [1.165, 1.54) is 89.9 Å². The molecule has 0 heteroatoms. The van der Waals surface area contributed by atoms with Crippen LogP contribution in [0.5, 0.6) is 0 Å². The SMILES string of the molecule is C.C.C.C.C1=C2CCCCC2=CC1.C1=CC2=C(C1)CCCC2.c1ccc2c(c1)CCCC2. The van der Waals surface area contributed by atoms with E-state index >= 15 is 0 Å². The number of benzene rings is 1. The molecule has 0 heterocycles. The summed E-state index contributed by atoms with van der Waals surface area (Å²) < 4.78 is 0. The second kappa shape index (κ2) is 15.9. The van der Waals surface area contributed by atoms with Crippen LogP contribution in [0, 0.1) is 0 Å². The second-order valence-electron chi connectivity index (χ2n) is 8.82. The fourth-order valence-corrected chi connectivity index (χ4v) is 5.21. The van der Waals surface area contributed by atoms with E-state index in [4.69, 9.17) is 0 Å². The molecule has 0 spiro atoms. The molecule has 0 atom stereocenters. The summed E-state index contributed by atoms with van der Waals surface area (Å²) in [5.74, 6) is 0. The number of hydrogen-bond donors (Lipinski definition) is 0. The summed E-state index contributed by atoms with van der Waals surface area (Å²) in [6, 6.07) is 8.80. The Morgan fingerprint density at radius 3 is 1.59 bits per heavy atom. The molecule has 0 aliphatic heterocycles. The average molecular weight is 437 g/mol. The molecule has 1 saturated carbocycles. The normalized spacial score (nSPS) is 19.1. The maximum atomic E-state index is 2.38. The van der Waals surface area contributed by atoms with Gasteiger partial charge in [0.2, 0.25) is 0 Å². The highest BCUT2D eigenvalue weighted by Gasteiger charge is 2.13. The predicted molar refractivity (Wildman–Crippen MR) is 149 cm³/mol. The molecule has 6 rings (SSSR count). The highest BCUT2D eigenvalue weighted by molar-refractivity contribution is 5.38. The molecule has 0 amide bonds. The third-order valence-corrected chi connectivity index (χ3v) is 6.86. The lowest BCUT2D eigenvalue weighted by Crippen LogP contribution is -2.00. The van der Waals surface area contributed by atoms with Crippen LogP contribution in [0.1, 0.15) is 118 Å². The first-order valence-corrected chi connectivity index (χ1v) is 11.7. The largest absolute Gasteiger partial charge is 0.0802 e. The minimum absolute atomic E-state index is 0. The Morgan fingerprint density at radius 1 is 0.531 bits per heavy atom. The molecule has 0 radical (unpaired) electrons. The zero-order valence-corrected chi connectivity index (χ0v) is 17.5. The lowest BCUT2D eigenvalue weighted by molar-refractivity contribution is 0.681. The van der Waals surface area contributed by atoms with Gasteiger partial charge in [-0.2, -0.15) is 0 Å². The van der Waals surface area contributed by atoms with Gasteiger partial charge in [0.25, 0.3) is 0 Å². The van der Waals surface area contributed by atoms with Gasteiger partial charge in [-0.05, 0) is 118 Å². The van der Waals surface area contributed by atoms with Gasteiger partial charge in [0.15, 0.2) is 0 Å². The van der Waals surface area contributed by atoms with Crippen LogP contribution in [0.2, 0.25) is 0 Å². The van der Waals surface area contributed by atoms with E-state index in [-0.39, 0.29) is 29.7 Å². The average Bonchev–Trinajstić information content (AvgIpc) is 3.44. The highest BCUT2D eigenvalue weighted by atomic mass is 14.2. The quantitative estimate of drug-likeness (QED) is 0.379. The molecule has 0 N–H and O–H groups in total. The number of allylic oxidation sites excluding steroid dienone is 8. The number of rotatable bonds is 0. The molecule has 5 aliphatic rings. The summed E-state index contributed by atoms with van der Waals surface area (Å²) in [4.78, 5) is 0. The third kappa shape index (κ3) is 8.27. The van der Waals surface area contributed by atoms with Crippen molar-refractivity contribution in [2.75, 3.05) is 0 Å². The maximum Gasteiger partial charge on any atom is -0.0130 e. The molecule has 0 nitrogen and oxygen atoms in total. The number of fused-ring (bicyclic) bond motifs is 2. The summed E-state index contributed by atoms with van der Waals surface area (Å²) in [5.41, 5.74) is 9.84. The van der Waals surface area contributed by atoms with Gasteiger partial charge in [0, 0.05) is 0 Å². The molecule has 32 heavy (non-hydrogen) atoms. The monoisotopic (exact) mass is 436 g/mol. The number of hydrogen-bond acceptors (Lipinski definition) is 0. The van der Waals surface area contributed by atoms with Crippen molar-refractivity contribution in [3.05, 3.63) is 82.0 Å². The Morgan fingerprint density at radius 2 is 1.03 bits per heavy atom. The van der Waals surface area contributed by atoms with Crippen molar-refractivity contribution >= 4 is 0 Å². The van der Waals surface area contributed by atoms with Gasteiger partial charge in [-0.15, -0.1) is 0 Å². The van der Waals surface area contributed by atoms with E-state index in [2.05, 4.69) is 48.6 Å². The Balaban J connectivity index is 0.000000425. The van der Waals surface area contributed by atoms with Gasteiger partial charge in [-0.3, -0.25) is 0 Å². The summed E-state index contributed by atoms with van der Waals surface area (Å²) in [6.07, 6.45) is 28.4. The molecule has 1 aromatic carbocycles. The minimum Gasteiger partial charge on any atom is -0.0802 e. The van der Waals surface area contributed by atoms with E-state index in [0.29, 0.717) is 0 Å². The van der Waals surface area contributed by atoms with Crippen molar-refractivity contribution < 1.29 is 0 Å². The third-order valence-electron chi connectivity index (χ3n) is 6.86. The lowest BCUT2D eigenvalue weighted by Gasteiger charge is -2.13. The van der Waals surface area contributed by atoms with Gasteiger partial charge in [-0.25, -0.2) is 0 Å². The first-order valence-electron chi connectivity index (χ1n) is 11.7. The molecule has 0 unspecified atom stereocenters. The molecular formula is C32H52. The van der Waals surface area contributed by atoms with Crippen LogP contribution >= 0.6 is 0 Å². The van der Waals surface area contributed by atoms with Gasteiger partial charge in [0.1, 0.15) is 0 Å². The van der Waals surface area contributed by atoms with Crippen molar-refractivity contribution in [1.82, 2.24) is 0 Å².